The van der Waals surface area contributed by atoms with Crippen molar-refractivity contribution < 1.29 is 15.0 Å². The third kappa shape index (κ3) is 2.42. The first-order valence-corrected chi connectivity index (χ1v) is 5.30. The summed E-state index contributed by atoms with van der Waals surface area (Å²) in [7, 11) is 1.75. The Morgan fingerprint density at radius 1 is 1.28 bits per heavy atom. The lowest BCUT2D eigenvalue weighted by atomic mass is 10.2. The zero-order valence-corrected chi connectivity index (χ0v) is 10.0. The molecule has 3 N–H and O–H groups in total. The van der Waals surface area contributed by atoms with Crippen LogP contribution in [0.25, 0.3) is 0 Å². The molecule has 0 radical (unpaired) electrons. The zero-order valence-electron chi connectivity index (χ0n) is 10.0. The second-order valence-electron chi connectivity index (χ2n) is 3.99. The second-order valence-corrected chi connectivity index (χ2v) is 3.99. The number of rotatable bonds is 2. The van der Waals surface area contributed by atoms with Gasteiger partial charge in [-0.3, -0.25) is 9.48 Å². The number of nitrogens with one attached hydrogen (secondary N) is 1. The average molecular weight is 247 g/mol. The molecule has 0 fully saturated rings. The van der Waals surface area contributed by atoms with Crippen LogP contribution in [-0.2, 0) is 7.05 Å². The lowest BCUT2D eigenvalue weighted by Crippen LogP contribution is -2.12. The summed E-state index contributed by atoms with van der Waals surface area (Å²) < 4.78 is 1.59. The summed E-state index contributed by atoms with van der Waals surface area (Å²) >= 11 is 0. The first kappa shape index (κ1) is 12.0. The second kappa shape index (κ2) is 4.40. The minimum Gasteiger partial charge on any atom is -0.508 e. The third-order valence-electron chi connectivity index (χ3n) is 2.43. The first-order chi connectivity index (χ1) is 8.45. The number of hydrogen-bond acceptors (Lipinski definition) is 4. The molecule has 1 amide bonds. The number of phenolic OH excluding ortho intramolecular Hbond substituents is 2. The number of benzene rings is 1. The summed E-state index contributed by atoms with van der Waals surface area (Å²) in [5.74, 6) is -0.747. The van der Waals surface area contributed by atoms with E-state index >= 15 is 0 Å². The molecule has 18 heavy (non-hydrogen) atoms. The van der Waals surface area contributed by atoms with Crippen LogP contribution in [0.3, 0.4) is 0 Å². The Labute approximate surface area is 103 Å². The van der Waals surface area contributed by atoms with Crippen molar-refractivity contribution in [2.45, 2.75) is 6.92 Å². The monoisotopic (exact) mass is 247 g/mol. The van der Waals surface area contributed by atoms with Crippen molar-refractivity contribution >= 4 is 11.6 Å². The highest BCUT2D eigenvalue weighted by Gasteiger charge is 2.11. The largest absolute Gasteiger partial charge is 0.508 e. The Hall–Kier alpha value is -2.50. The van der Waals surface area contributed by atoms with E-state index in [1.165, 1.54) is 12.1 Å². The van der Waals surface area contributed by atoms with Crippen molar-refractivity contribution in [3.8, 4) is 11.5 Å². The number of hydrogen-bond donors (Lipinski definition) is 3. The molecule has 6 nitrogen and oxygen atoms in total. The van der Waals surface area contributed by atoms with E-state index in [4.69, 9.17) is 0 Å². The topological polar surface area (TPSA) is 87.4 Å². The van der Waals surface area contributed by atoms with Crippen molar-refractivity contribution in [1.29, 1.82) is 0 Å². The molecular weight excluding hydrogens is 234 g/mol. The van der Waals surface area contributed by atoms with E-state index < -0.39 is 5.91 Å². The molecule has 2 aromatic rings. The number of phenols is 2. The maximum absolute atomic E-state index is 11.9. The number of aryl methyl sites for hydroxylation is 2. The zero-order chi connectivity index (χ0) is 13.3. The molecule has 0 aliphatic heterocycles. The van der Waals surface area contributed by atoms with E-state index in [0.29, 0.717) is 11.4 Å². The van der Waals surface area contributed by atoms with Gasteiger partial charge in [0, 0.05) is 24.9 Å². The number of carbonyl (C=O) groups excluding carboxylic acids is 1. The molecule has 0 bridgehead atoms. The highest BCUT2D eigenvalue weighted by molar-refractivity contribution is 6.05. The molecular formula is C12H13N3O3. The minimum absolute atomic E-state index is 0.164. The Morgan fingerprint density at radius 2 is 1.89 bits per heavy atom. The summed E-state index contributed by atoms with van der Waals surface area (Å²) in [6, 6.07) is 3.72. The van der Waals surface area contributed by atoms with E-state index in [9.17, 15) is 15.0 Å². The van der Waals surface area contributed by atoms with Crippen molar-refractivity contribution in [2.24, 2.45) is 7.05 Å². The molecule has 6 heteroatoms. The van der Waals surface area contributed by atoms with Crippen molar-refractivity contribution in [2.75, 3.05) is 5.32 Å². The van der Waals surface area contributed by atoms with E-state index in [1.807, 2.05) is 0 Å². The van der Waals surface area contributed by atoms with Crippen molar-refractivity contribution in [1.82, 2.24) is 9.78 Å². The van der Waals surface area contributed by atoms with Crippen LogP contribution in [0.1, 0.15) is 16.1 Å². The van der Waals surface area contributed by atoms with Gasteiger partial charge in [-0.25, -0.2) is 0 Å². The quantitative estimate of drug-likeness (QED) is 0.748. The molecule has 1 heterocycles. The molecule has 0 aliphatic rings. The fourth-order valence-corrected chi connectivity index (χ4v) is 1.64. The summed E-state index contributed by atoms with van der Waals surface area (Å²) in [6.07, 6.45) is 1.68. The molecule has 2 rings (SSSR count). The van der Waals surface area contributed by atoms with E-state index in [0.717, 1.165) is 6.07 Å². The van der Waals surface area contributed by atoms with Crippen molar-refractivity contribution in [3.05, 3.63) is 35.7 Å². The average Bonchev–Trinajstić information content (AvgIpc) is 2.56. The molecule has 0 saturated carbocycles. The minimum atomic E-state index is -0.419. The predicted molar refractivity (Wildman–Crippen MR) is 65.7 cm³/mol. The van der Waals surface area contributed by atoms with Gasteiger partial charge in [0.05, 0.1) is 11.4 Å². The van der Waals surface area contributed by atoms with Gasteiger partial charge in [0.25, 0.3) is 5.91 Å². The third-order valence-corrected chi connectivity index (χ3v) is 2.43. The first-order valence-electron chi connectivity index (χ1n) is 5.30. The Balaban J connectivity index is 2.24. The normalized spacial score (nSPS) is 10.3. The number of amides is 1. The van der Waals surface area contributed by atoms with Gasteiger partial charge in [0.2, 0.25) is 0 Å². The van der Waals surface area contributed by atoms with E-state index in [2.05, 4.69) is 10.4 Å². The molecule has 94 valence electrons. The summed E-state index contributed by atoms with van der Waals surface area (Å²) in [5.41, 5.74) is 1.45. The SMILES string of the molecule is Cc1nn(C)cc1NC(=O)c1cc(O)cc(O)c1. The van der Waals surface area contributed by atoms with Crippen LogP contribution in [0, 0.1) is 6.92 Å². The van der Waals surface area contributed by atoms with Gasteiger partial charge < -0.3 is 15.5 Å². The maximum atomic E-state index is 11.9. The molecule has 1 aromatic carbocycles. The van der Waals surface area contributed by atoms with Crippen LogP contribution in [-0.4, -0.2) is 25.9 Å². The molecule has 1 aromatic heterocycles. The fraction of sp³-hybridized carbons (Fsp3) is 0.167. The maximum Gasteiger partial charge on any atom is 0.256 e. The number of aromatic nitrogens is 2. The lowest BCUT2D eigenvalue weighted by molar-refractivity contribution is 0.102. The Bertz CT molecular complexity index is 584. The highest BCUT2D eigenvalue weighted by atomic mass is 16.3. The van der Waals surface area contributed by atoms with E-state index in [-0.39, 0.29) is 17.1 Å². The molecule has 0 spiro atoms. The van der Waals surface area contributed by atoms with Gasteiger partial charge in [-0.2, -0.15) is 5.10 Å². The number of carbonyl (C=O) groups is 1. The van der Waals surface area contributed by atoms with Crippen LogP contribution < -0.4 is 5.32 Å². The van der Waals surface area contributed by atoms with Gasteiger partial charge in [-0.15, -0.1) is 0 Å². The van der Waals surface area contributed by atoms with E-state index in [1.54, 1.807) is 24.9 Å². The van der Waals surface area contributed by atoms with Crippen molar-refractivity contribution in [3.63, 3.8) is 0 Å². The van der Waals surface area contributed by atoms with Gasteiger partial charge in [0.15, 0.2) is 0 Å². The van der Waals surface area contributed by atoms with Crippen LogP contribution in [0.4, 0.5) is 5.69 Å². The molecule has 0 atom stereocenters. The molecule has 0 aliphatic carbocycles. The van der Waals surface area contributed by atoms with Gasteiger partial charge >= 0.3 is 0 Å². The van der Waals surface area contributed by atoms with Crippen LogP contribution in [0.15, 0.2) is 24.4 Å². The lowest BCUT2D eigenvalue weighted by Gasteiger charge is -2.04. The summed E-state index contributed by atoms with van der Waals surface area (Å²) in [4.78, 5) is 11.9. The smallest absolute Gasteiger partial charge is 0.256 e. The van der Waals surface area contributed by atoms with Gasteiger partial charge in [-0.05, 0) is 19.1 Å². The number of aromatic hydroxyl groups is 2. The van der Waals surface area contributed by atoms with Gasteiger partial charge in [-0.1, -0.05) is 0 Å². The van der Waals surface area contributed by atoms with Crippen LogP contribution >= 0.6 is 0 Å². The summed E-state index contributed by atoms with van der Waals surface area (Å²) in [5, 5.41) is 25.4. The van der Waals surface area contributed by atoms with Crippen LogP contribution in [0.2, 0.25) is 0 Å². The Morgan fingerprint density at radius 3 is 2.39 bits per heavy atom. The standard InChI is InChI=1S/C12H13N3O3/c1-7-11(6-15(2)14-7)13-12(18)8-3-9(16)5-10(17)4-8/h3-6,16-17H,1-2H3,(H,13,18). The predicted octanol–water partition coefficient (Wildman–Crippen LogP) is 1.39. The fourth-order valence-electron chi connectivity index (χ4n) is 1.64. The number of anilines is 1. The molecule has 0 saturated heterocycles. The summed E-state index contributed by atoms with van der Waals surface area (Å²) in [6.45, 7) is 1.77. The van der Waals surface area contributed by atoms with Crippen LogP contribution in [0.5, 0.6) is 11.5 Å². The number of nitrogens with zero attached hydrogens (tertiary/aromatic N) is 2. The van der Waals surface area contributed by atoms with Gasteiger partial charge in [0.1, 0.15) is 11.5 Å². The Kier molecular flexibility index (Phi) is 2.93. The highest BCUT2D eigenvalue weighted by Crippen LogP contribution is 2.21. The molecule has 0 unspecified atom stereocenters.